The fraction of sp³-hybridized carbons (Fsp3) is 0.433. The molecule has 3 N–H and O–H groups in total. The SMILES string of the molecule is O=C(COc1ccc(-c2nc3ncc(Cl)c(NC4CCN(Cc5cccs5)CC4)c3[nH]2)cc1)NC1CCCCC1. The molecule has 0 atom stereocenters. The fourth-order valence-corrected chi connectivity index (χ4v) is 6.59. The Hall–Kier alpha value is -3.14. The van der Waals surface area contributed by atoms with Crippen LogP contribution in [-0.2, 0) is 11.3 Å². The second kappa shape index (κ2) is 12.6. The summed E-state index contributed by atoms with van der Waals surface area (Å²) in [7, 11) is 0. The van der Waals surface area contributed by atoms with E-state index in [0.717, 1.165) is 62.1 Å². The van der Waals surface area contributed by atoms with Crippen molar-refractivity contribution in [2.45, 2.75) is 63.6 Å². The van der Waals surface area contributed by atoms with Crippen molar-refractivity contribution in [2.24, 2.45) is 0 Å². The van der Waals surface area contributed by atoms with Crippen LogP contribution in [0, 0.1) is 0 Å². The number of imidazole rings is 1. The number of likely N-dealkylation sites (tertiary alicyclic amines) is 1. The molecule has 40 heavy (non-hydrogen) atoms. The molecule has 0 radical (unpaired) electrons. The van der Waals surface area contributed by atoms with E-state index in [0.29, 0.717) is 28.3 Å². The number of hydrogen-bond donors (Lipinski definition) is 3. The molecule has 2 aliphatic rings. The molecule has 1 saturated carbocycles. The van der Waals surface area contributed by atoms with Crippen molar-refractivity contribution in [1.29, 1.82) is 0 Å². The van der Waals surface area contributed by atoms with Crippen molar-refractivity contribution in [2.75, 3.05) is 25.0 Å². The van der Waals surface area contributed by atoms with Gasteiger partial charge >= 0.3 is 0 Å². The van der Waals surface area contributed by atoms with Crippen LogP contribution in [0.2, 0.25) is 5.02 Å². The first-order valence-corrected chi connectivity index (χ1v) is 15.4. The lowest BCUT2D eigenvalue weighted by Crippen LogP contribution is -2.38. The molecule has 210 valence electrons. The molecule has 8 nitrogen and oxygen atoms in total. The van der Waals surface area contributed by atoms with Gasteiger partial charge in [-0.15, -0.1) is 11.3 Å². The van der Waals surface area contributed by atoms with Gasteiger partial charge in [0.2, 0.25) is 0 Å². The van der Waals surface area contributed by atoms with E-state index in [4.69, 9.17) is 21.3 Å². The van der Waals surface area contributed by atoms with E-state index in [9.17, 15) is 4.79 Å². The summed E-state index contributed by atoms with van der Waals surface area (Å²) in [6.07, 6.45) is 9.51. The number of halogens is 1. The van der Waals surface area contributed by atoms with Crippen LogP contribution in [0.25, 0.3) is 22.6 Å². The molecule has 1 aromatic carbocycles. The van der Waals surface area contributed by atoms with Crippen LogP contribution in [0.4, 0.5) is 5.69 Å². The Kier molecular flexibility index (Phi) is 8.51. The van der Waals surface area contributed by atoms with Crippen molar-refractivity contribution >= 4 is 45.7 Å². The molecule has 4 aromatic rings. The lowest BCUT2D eigenvalue weighted by atomic mass is 9.95. The summed E-state index contributed by atoms with van der Waals surface area (Å²) in [5.41, 5.74) is 3.19. The van der Waals surface area contributed by atoms with Gasteiger partial charge in [0.25, 0.3) is 5.91 Å². The third-order valence-corrected chi connectivity index (χ3v) is 8.98. The smallest absolute Gasteiger partial charge is 0.258 e. The highest BCUT2D eigenvalue weighted by atomic mass is 35.5. The van der Waals surface area contributed by atoms with Gasteiger partial charge in [-0.1, -0.05) is 36.9 Å². The molecule has 0 bridgehead atoms. The topological polar surface area (TPSA) is 95.2 Å². The van der Waals surface area contributed by atoms with Crippen LogP contribution >= 0.6 is 22.9 Å². The van der Waals surface area contributed by atoms with Gasteiger partial charge in [-0.05, 0) is 61.4 Å². The van der Waals surface area contributed by atoms with E-state index in [-0.39, 0.29) is 18.6 Å². The van der Waals surface area contributed by atoms with Gasteiger partial charge in [0.15, 0.2) is 12.3 Å². The molecule has 3 aromatic heterocycles. The number of aromatic nitrogens is 3. The van der Waals surface area contributed by atoms with Crippen LogP contribution in [0.1, 0.15) is 49.8 Å². The second-order valence-electron chi connectivity index (χ2n) is 10.8. The van der Waals surface area contributed by atoms with Gasteiger partial charge in [0.05, 0.1) is 16.9 Å². The predicted octanol–water partition coefficient (Wildman–Crippen LogP) is 6.24. The maximum atomic E-state index is 12.3. The number of anilines is 1. The number of thiophene rings is 1. The Labute approximate surface area is 243 Å². The number of carbonyl (C=O) groups excluding carboxylic acids is 1. The van der Waals surface area contributed by atoms with Crippen molar-refractivity contribution in [3.63, 3.8) is 0 Å². The number of hydrogen-bond acceptors (Lipinski definition) is 7. The van der Waals surface area contributed by atoms with Crippen molar-refractivity contribution < 1.29 is 9.53 Å². The molecule has 10 heteroatoms. The van der Waals surface area contributed by atoms with Crippen molar-refractivity contribution in [1.82, 2.24) is 25.2 Å². The van der Waals surface area contributed by atoms with Gasteiger partial charge in [0, 0.05) is 42.2 Å². The Morgan fingerprint density at radius 3 is 2.62 bits per heavy atom. The van der Waals surface area contributed by atoms with Gasteiger partial charge in [-0.25, -0.2) is 9.97 Å². The van der Waals surface area contributed by atoms with Crippen LogP contribution < -0.4 is 15.4 Å². The molecule has 0 spiro atoms. The number of nitrogens with one attached hydrogen (secondary N) is 3. The van der Waals surface area contributed by atoms with Gasteiger partial charge in [-0.2, -0.15) is 0 Å². The molecule has 1 amide bonds. The second-order valence-corrected chi connectivity index (χ2v) is 12.2. The number of pyridine rings is 1. The highest BCUT2D eigenvalue weighted by molar-refractivity contribution is 7.09. The predicted molar refractivity (Wildman–Crippen MR) is 161 cm³/mol. The number of fused-ring (bicyclic) bond motifs is 1. The third-order valence-electron chi connectivity index (χ3n) is 7.84. The zero-order valence-electron chi connectivity index (χ0n) is 22.5. The Morgan fingerprint density at radius 2 is 1.88 bits per heavy atom. The lowest BCUT2D eigenvalue weighted by Gasteiger charge is -2.32. The Bertz CT molecular complexity index is 1410. The number of benzene rings is 1. The summed E-state index contributed by atoms with van der Waals surface area (Å²) < 4.78 is 5.73. The summed E-state index contributed by atoms with van der Waals surface area (Å²) in [6.45, 7) is 3.13. The standard InChI is InChI=1S/C30H35ClN6O2S/c31-25-17-32-30-28(27(25)34-22-12-14-37(15-13-22)18-24-7-4-16-40-24)35-29(36-30)20-8-10-23(11-9-20)39-19-26(38)33-21-5-2-1-3-6-21/h4,7-11,16-17,21-22H,1-3,5-6,12-15,18-19H2,(H,33,38)(H2,32,34,35,36). The first-order valence-electron chi connectivity index (χ1n) is 14.2. The zero-order valence-corrected chi connectivity index (χ0v) is 24.1. The number of piperidine rings is 1. The maximum Gasteiger partial charge on any atom is 0.258 e. The van der Waals surface area contributed by atoms with Crippen LogP contribution in [0.3, 0.4) is 0 Å². The van der Waals surface area contributed by atoms with E-state index in [1.54, 1.807) is 6.20 Å². The summed E-state index contributed by atoms with van der Waals surface area (Å²) in [6, 6.07) is 12.5. The summed E-state index contributed by atoms with van der Waals surface area (Å²) in [5, 5.41) is 9.48. The fourth-order valence-electron chi connectivity index (χ4n) is 5.65. The average Bonchev–Trinajstić information content (AvgIpc) is 3.66. The lowest BCUT2D eigenvalue weighted by molar-refractivity contribution is -0.124. The monoisotopic (exact) mass is 578 g/mol. The molecular weight excluding hydrogens is 544 g/mol. The number of amides is 1. The summed E-state index contributed by atoms with van der Waals surface area (Å²) in [4.78, 5) is 28.8. The largest absolute Gasteiger partial charge is 0.484 e. The first kappa shape index (κ1) is 27.1. The number of H-pyrrole nitrogens is 1. The summed E-state index contributed by atoms with van der Waals surface area (Å²) >= 11 is 8.43. The number of aromatic amines is 1. The number of carbonyl (C=O) groups is 1. The minimum atomic E-state index is -0.0653. The van der Waals surface area contributed by atoms with Crippen LogP contribution in [-0.4, -0.2) is 57.5 Å². The molecule has 1 aliphatic carbocycles. The third kappa shape index (κ3) is 6.59. The quantitative estimate of drug-likeness (QED) is 0.217. The average molecular weight is 579 g/mol. The number of nitrogens with zero attached hydrogens (tertiary/aromatic N) is 3. The Balaban J connectivity index is 1.07. The van der Waals surface area contributed by atoms with E-state index in [1.165, 1.54) is 24.1 Å². The highest BCUT2D eigenvalue weighted by Crippen LogP contribution is 2.32. The highest BCUT2D eigenvalue weighted by Gasteiger charge is 2.22. The minimum absolute atomic E-state index is 0.0187. The van der Waals surface area contributed by atoms with Crippen LogP contribution in [0.5, 0.6) is 5.75 Å². The van der Waals surface area contributed by atoms with Crippen molar-refractivity contribution in [3.05, 3.63) is 57.9 Å². The number of ether oxygens (including phenoxy) is 1. The van der Waals surface area contributed by atoms with E-state index in [2.05, 4.69) is 43.0 Å². The van der Waals surface area contributed by atoms with Gasteiger partial charge in [0.1, 0.15) is 17.1 Å². The van der Waals surface area contributed by atoms with Gasteiger partial charge in [-0.3, -0.25) is 9.69 Å². The zero-order chi connectivity index (χ0) is 27.3. The number of rotatable bonds is 9. The molecule has 1 aliphatic heterocycles. The van der Waals surface area contributed by atoms with Gasteiger partial charge < -0.3 is 20.4 Å². The van der Waals surface area contributed by atoms with E-state index in [1.807, 2.05) is 35.6 Å². The molecule has 0 unspecified atom stereocenters. The first-order chi connectivity index (χ1) is 19.6. The minimum Gasteiger partial charge on any atom is -0.484 e. The molecule has 2 fully saturated rings. The maximum absolute atomic E-state index is 12.3. The molecule has 1 saturated heterocycles. The Morgan fingerprint density at radius 1 is 1.07 bits per heavy atom. The van der Waals surface area contributed by atoms with E-state index >= 15 is 0 Å². The van der Waals surface area contributed by atoms with E-state index < -0.39 is 0 Å². The normalized spacial score (nSPS) is 17.2. The molecule has 4 heterocycles. The molecule has 6 rings (SSSR count). The van der Waals surface area contributed by atoms with Crippen LogP contribution in [0.15, 0.2) is 48.0 Å². The molecular formula is C30H35ClN6O2S. The summed E-state index contributed by atoms with van der Waals surface area (Å²) in [5.74, 6) is 1.29. The van der Waals surface area contributed by atoms with Crippen molar-refractivity contribution in [3.8, 4) is 17.1 Å².